The second-order valence-electron chi connectivity index (χ2n) is 7.45. The first kappa shape index (κ1) is 13.4. The molecule has 0 amide bonds. The predicted molar refractivity (Wildman–Crippen MR) is 75.1 cm³/mol. The van der Waals surface area contributed by atoms with Gasteiger partial charge in [-0.05, 0) is 56.8 Å². The van der Waals surface area contributed by atoms with Crippen LogP contribution in [0.25, 0.3) is 0 Å². The smallest absolute Gasteiger partial charge is 0.312 e. The fraction of sp³-hybridized carbons (Fsp3) is 0.765. The SMILES string of the molecule is CC1(C(=O)OCC2C(=O)OC3CCC2C3)CC2C=CC1C2. The van der Waals surface area contributed by atoms with Gasteiger partial charge in [-0.1, -0.05) is 12.2 Å². The van der Waals surface area contributed by atoms with Crippen molar-refractivity contribution >= 4 is 11.9 Å². The first-order valence-electron chi connectivity index (χ1n) is 8.12. The van der Waals surface area contributed by atoms with Crippen molar-refractivity contribution in [2.75, 3.05) is 6.61 Å². The van der Waals surface area contributed by atoms with Gasteiger partial charge in [-0.3, -0.25) is 9.59 Å². The van der Waals surface area contributed by atoms with E-state index in [0.717, 1.165) is 32.1 Å². The number of allylic oxidation sites excluding steroid dienone is 2. The van der Waals surface area contributed by atoms with Crippen molar-refractivity contribution in [2.24, 2.45) is 29.1 Å². The van der Waals surface area contributed by atoms with Crippen LogP contribution in [0.5, 0.6) is 0 Å². The van der Waals surface area contributed by atoms with E-state index in [1.54, 1.807) is 0 Å². The van der Waals surface area contributed by atoms with Gasteiger partial charge in [0.25, 0.3) is 0 Å². The number of hydrogen-bond donors (Lipinski definition) is 0. The third kappa shape index (κ3) is 2.02. The second kappa shape index (κ2) is 4.59. The third-order valence-corrected chi connectivity index (χ3v) is 6.12. The van der Waals surface area contributed by atoms with Gasteiger partial charge in [0.05, 0.1) is 11.3 Å². The molecule has 0 radical (unpaired) electrons. The summed E-state index contributed by atoms with van der Waals surface area (Å²) in [5.41, 5.74) is -0.393. The highest BCUT2D eigenvalue weighted by atomic mass is 16.6. The molecule has 0 aromatic heterocycles. The Kier molecular flexibility index (Phi) is 2.92. The summed E-state index contributed by atoms with van der Waals surface area (Å²) in [7, 11) is 0. The molecule has 4 aliphatic rings. The highest BCUT2D eigenvalue weighted by molar-refractivity contribution is 5.79. The van der Waals surface area contributed by atoms with Crippen molar-refractivity contribution in [1.29, 1.82) is 0 Å². The Bertz CT molecular complexity index is 511. The molecule has 0 aromatic carbocycles. The molecule has 6 atom stereocenters. The molecule has 0 N–H and O–H groups in total. The molecule has 3 fully saturated rings. The van der Waals surface area contributed by atoms with E-state index >= 15 is 0 Å². The summed E-state index contributed by atoms with van der Waals surface area (Å²) < 4.78 is 10.9. The number of carbonyl (C=O) groups excluding carboxylic acids is 2. The molecule has 4 nitrogen and oxygen atoms in total. The number of carbonyl (C=O) groups is 2. The molecule has 1 aliphatic heterocycles. The summed E-state index contributed by atoms with van der Waals surface area (Å²) in [6.07, 6.45) is 9.37. The molecule has 1 heterocycles. The topological polar surface area (TPSA) is 52.6 Å². The zero-order valence-electron chi connectivity index (χ0n) is 12.4. The number of fused-ring (bicyclic) bond motifs is 4. The van der Waals surface area contributed by atoms with Crippen LogP contribution in [0.2, 0.25) is 0 Å². The van der Waals surface area contributed by atoms with E-state index < -0.39 is 5.41 Å². The Morgan fingerprint density at radius 1 is 1.38 bits per heavy atom. The van der Waals surface area contributed by atoms with Crippen molar-refractivity contribution < 1.29 is 19.1 Å². The van der Waals surface area contributed by atoms with Gasteiger partial charge in [0, 0.05) is 0 Å². The summed E-state index contributed by atoms with van der Waals surface area (Å²) in [6, 6.07) is 0. The van der Waals surface area contributed by atoms with Gasteiger partial charge >= 0.3 is 11.9 Å². The lowest BCUT2D eigenvalue weighted by Gasteiger charge is -2.31. The maximum absolute atomic E-state index is 12.5. The van der Waals surface area contributed by atoms with Gasteiger partial charge < -0.3 is 9.47 Å². The highest BCUT2D eigenvalue weighted by Crippen LogP contribution is 2.52. The summed E-state index contributed by atoms with van der Waals surface area (Å²) in [6.45, 7) is 2.21. The summed E-state index contributed by atoms with van der Waals surface area (Å²) in [5.74, 6) is 0.640. The van der Waals surface area contributed by atoms with Crippen molar-refractivity contribution in [2.45, 2.75) is 45.1 Å². The molecule has 4 rings (SSSR count). The number of hydrogen-bond acceptors (Lipinski definition) is 4. The number of esters is 2. The van der Waals surface area contributed by atoms with Gasteiger partial charge in [-0.15, -0.1) is 0 Å². The lowest BCUT2D eigenvalue weighted by Crippen LogP contribution is -2.39. The first-order valence-corrected chi connectivity index (χ1v) is 8.12. The van der Waals surface area contributed by atoms with Gasteiger partial charge in [0.15, 0.2) is 0 Å². The Morgan fingerprint density at radius 2 is 2.24 bits per heavy atom. The van der Waals surface area contributed by atoms with Crippen molar-refractivity contribution in [1.82, 2.24) is 0 Å². The molecular weight excluding hydrogens is 268 g/mol. The molecule has 6 unspecified atom stereocenters. The Hall–Kier alpha value is -1.32. The van der Waals surface area contributed by atoms with E-state index in [4.69, 9.17) is 9.47 Å². The standard InChI is InChI=1S/C17H22O4/c1-17(8-10-2-4-12(17)6-10)16(19)20-9-14-11-3-5-13(7-11)21-15(14)18/h2,4,10-14H,3,5-9H2,1H3. The maximum atomic E-state index is 12.5. The van der Waals surface area contributed by atoms with E-state index in [-0.39, 0.29) is 30.6 Å². The van der Waals surface area contributed by atoms with Crippen LogP contribution in [0.15, 0.2) is 12.2 Å². The van der Waals surface area contributed by atoms with Gasteiger partial charge in [-0.25, -0.2) is 0 Å². The second-order valence-corrected chi connectivity index (χ2v) is 7.45. The van der Waals surface area contributed by atoms with Crippen LogP contribution in [0.1, 0.15) is 39.0 Å². The summed E-state index contributed by atoms with van der Waals surface area (Å²) in [4.78, 5) is 24.5. The largest absolute Gasteiger partial charge is 0.464 e. The van der Waals surface area contributed by atoms with E-state index in [1.807, 2.05) is 6.92 Å². The van der Waals surface area contributed by atoms with E-state index in [1.165, 1.54) is 0 Å². The van der Waals surface area contributed by atoms with Crippen molar-refractivity contribution in [3.63, 3.8) is 0 Å². The van der Waals surface area contributed by atoms with Crippen LogP contribution in [-0.4, -0.2) is 24.6 Å². The minimum Gasteiger partial charge on any atom is -0.464 e. The fourth-order valence-electron chi connectivity index (χ4n) is 4.75. The average Bonchev–Trinajstić information content (AvgIpc) is 3.13. The Labute approximate surface area is 124 Å². The van der Waals surface area contributed by atoms with Gasteiger partial charge in [0.1, 0.15) is 12.7 Å². The lowest BCUT2D eigenvalue weighted by atomic mass is 9.77. The Balaban J connectivity index is 1.39. The molecule has 21 heavy (non-hydrogen) atoms. The molecule has 3 aliphatic carbocycles. The zero-order chi connectivity index (χ0) is 14.6. The summed E-state index contributed by atoms with van der Waals surface area (Å²) >= 11 is 0. The van der Waals surface area contributed by atoms with E-state index in [2.05, 4.69) is 12.2 Å². The minimum absolute atomic E-state index is 0.114. The first-order chi connectivity index (χ1) is 10.1. The van der Waals surface area contributed by atoms with Crippen LogP contribution < -0.4 is 0 Å². The van der Waals surface area contributed by atoms with Crippen LogP contribution in [0.3, 0.4) is 0 Å². The Morgan fingerprint density at radius 3 is 2.95 bits per heavy atom. The number of ether oxygens (including phenoxy) is 2. The number of rotatable bonds is 3. The normalized spacial score (nSPS) is 46.7. The highest BCUT2D eigenvalue weighted by Gasteiger charge is 2.51. The fourth-order valence-corrected chi connectivity index (χ4v) is 4.75. The molecule has 1 saturated heterocycles. The molecule has 4 bridgehead atoms. The minimum atomic E-state index is -0.393. The predicted octanol–water partition coefficient (Wildman–Crippen LogP) is 2.47. The molecule has 0 aromatic rings. The van der Waals surface area contributed by atoms with Crippen LogP contribution in [0, 0.1) is 29.1 Å². The van der Waals surface area contributed by atoms with Crippen LogP contribution in [-0.2, 0) is 19.1 Å². The molecule has 0 spiro atoms. The van der Waals surface area contributed by atoms with E-state index in [0.29, 0.717) is 17.8 Å². The van der Waals surface area contributed by atoms with Gasteiger partial charge in [0.2, 0.25) is 0 Å². The maximum Gasteiger partial charge on any atom is 0.312 e. The van der Waals surface area contributed by atoms with Gasteiger partial charge in [-0.2, -0.15) is 0 Å². The quantitative estimate of drug-likeness (QED) is 0.592. The molecule has 4 heteroatoms. The van der Waals surface area contributed by atoms with Crippen LogP contribution >= 0.6 is 0 Å². The van der Waals surface area contributed by atoms with Crippen molar-refractivity contribution in [3.8, 4) is 0 Å². The zero-order valence-corrected chi connectivity index (χ0v) is 12.4. The lowest BCUT2D eigenvalue weighted by molar-refractivity contribution is -0.169. The molecule has 114 valence electrons. The molecular formula is C17H22O4. The molecule has 2 saturated carbocycles. The van der Waals surface area contributed by atoms with Crippen LogP contribution in [0.4, 0.5) is 0 Å². The summed E-state index contributed by atoms with van der Waals surface area (Å²) in [5, 5.41) is 0. The van der Waals surface area contributed by atoms with E-state index in [9.17, 15) is 9.59 Å². The monoisotopic (exact) mass is 290 g/mol. The van der Waals surface area contributed by atoms with Crippen molar-refractivity contribution in [3.05, 3.63) is 12.2 Å². The third-order valence-electron chi connectivity index (χ3n) is 6.12. The average molecular weight is 290 g/mol.